The molecule has 1 aromatic rings. The topological polar surface area (TPSA) is 70.4 Å². The van der Waals surface area contributed by atoms with Gasteiger partial charge in [0, 0.05) is 25.2 Å². The largest absolute Gasteiger partial charge is 0.381 e. The number of sulfonamides is 1. The first kappa shape index (κ1) is 17.2. The van der Waals surface area contributed by atoms with Crippen molar-refractivity contribution in [2.45, 2.75) is 42.7 Å². The second-order valence-electron chi connectivity index (χ2n) is 5.44. The molecule has 120 valence electrons. The molecular formula is C15H19ClN2O3S. The molecule has 1 aliphatic rings. The SMILES string of the molecule is COC1CCC(N(C)S(=O)(=O)c2ccc(Cl)cc2C#N)CC1. The highest BCUT2D eigenvalue weighted by Gasteiger charge is 2.32. The number of halogens is 1. The first-order valence-electron chi connectivity index (χ1n) is 7.10. The Labute approximate surface area is 136 Å². The van der Waals surface area contributed by atoms with Gasteiger partial charge in [-0.2, -0.15) is 9.57 Å². The highest BCUT2D eigenvalue weighted by atomic mass is 35.5. The molecule has 0 N–H and O–H groups in total. The Morgan fingerprint density at radius 3 is 2.50 bits per heavy atom. The number of ether oxygens (including phenoxy) is 1. The van der Waals surface area contributed by atoms with E-state index in [-0.39, 0.29) is 22.6 Å². The summed E-state index contributed by atoms with van der Waals surface area (Å²) >= 11 is 5.83. The van der Waals surface area contributed by atoms with Crippen LogP contribution >= 0.6 is 11.6 Å². The van der Waals surface area contributed by atoms with Crippen LogP contribution in [-0.2, 0) is 14.8 Å². The Morgan fingerprint density at radius 2 is 1.95 bits per heavy atom. The third kappa shape index (κ3) is 3.44. The molecule has 0 aromatic heterocycles. The predicted molar refractivity (Wildman–Crippen MR) is 84.2 cm³/mol. The lowest BCUT2D eigenvalue weighted by atomic mass is 9.93. The van der Waals surface area contributed by atoms with E-state index in [0.29, 0.717) is 5.02 Å². The summed E-state index contributed by atoms with van der Waals surface area (Å²) in [5.74, 6) is 0. The molecule has 5 nitrogen and oxygen atoms in total. The molecular weight excluding hydrogens is 324 g/mol. The van der Waals surface area contributed by atoms with Crippen LogP contribution in [0, 0.1) is 11.3 Å². The Bertz CT molecular complexity index is 677. The maximum absolute atomic E-state index is 12.8. The Balaban J connectivity index is 2.26. The van der Waals surface area contributed by atoms with Crippen molar-refractivity contribution in [3.05, 3.63) is 28.8 Å². The standard InChI is InChI=1S/C15H19ClN2O3S/c1-18(13-4-6-14(21-2)7-5-13)22(19,20)15-8-3-12(16)9-11(15)10-17/h3,8-9,13-14H,4-7H2,1-2H3. The van der Waals surface area contributed by atoms with Crippen LogP contribution in [0.1, 0.15) is 31.2 Å². The van der Waals surface area contributed by atoms with Crippen molar-refractivity contribution in [2.24, 2.45) is 0 Å². The van der Waals surface area contributed by atoms with Crippen molar-refractivity contribution in [3.8, 4) is 6.07 Å². The molecule has 0 amide bonds. The maximum Gasteiger partial charge on any atom is 0.244 e. The van der Waals surface area contributed by atoms with E-state index in [1.54, 1.807) is 14.2 Å². The van der Waals surface area contributed by atoms with Gasteiger partial charge >= 0.3 is 0 Å². The van der Waals surface area contributed by atoms with Gasteiger partial charge in [0.05, 0.1) is 11.7 Å². The van der Waals surface area contributed by atoms with E-state index in [2.05, 4.69) is 0 Å². The first-order chi connectivity index (χ1) is 10.4. The fourth-order valence-electron chi connectivity index (χ4n) is 2.81. The fourth-order valence-corrected chi connectivity index (χ4v) is 4.52. The lowest BCUT2D eigenvalue weighted by Gasteiger charge is -2.33. The fraction of sp³-hybridized carbons (Fsp3) is 0.533. The van der Waals surface area contributed by atoms with E-state index >= 15 is 0 Å². The van der Waals surface area contributed by atoms with Crippen molar-refractivity contribution in [1.29, 1.82) is 5.26 Å². The molecule has 1 aromatic carbocycles. The second-order valence-corrected chi connectivity index (χ2v) is 7.84. The van der Waals surface area contributed by atoms with Crippen LogP contribution in [0.15, 0.2) is 23.1 Å². The molecule has 0 heterocycles. The van der Waals surface area contributed by atoms with E-state index < -0.39 is 10.0 Å². The minimum absolute atomic E-state index is 0.00997. The minimum Gasteiger partial charge on any atom is -0.381 e. The van der Waals surface area contributed by atoms with Crippen LogP contribution in [-0.4, -0.2) is 39.0 Å². The summed E-state index contributed by atoms with van der Waals surface area (Å²) in [6, 6.07) is 6.10. The van der Waals surface area contributed by atoms with Gasteiger partial charge in [-0.3, -0.25) is 0 Å². The van der Waals surface area contributed by atoms with Gasteiger partial charge in [-0.25, -0.2) is 8.42 Å². The second kappa shape index (κ2) is 6.97. The van der Waals surface area contributed by atoms with E-state index in [1.165, 1.54) is 22.5 Å². The highest BCUT2D eigenvalue weighted by molar-refractivity contribution is 7.89. The summed E-state index contributed by atoms with van der Waals surface area (Å²) in [7, 11) is -0.460. The van der Waals surface area contributed by atoms with Crippen molar-refractivity contribution in [3.63, 3.8) is 0 Å². The van der Waals surface area contributed by atoms with E-state index in [9.17, 15) is 8.42 Å². The van der Waals surface area contributed by atoms with Gasteiger partial charge in [0.2, 0.25) is 10.0 Å². The summed E-state index contributed by atoms with van der Waals surface area (Å²) in [5.41, 5.74) is 0.0740. The molecule has 0 spiro atoms. The van der Waals surface area contributed by atoms with Gasteiger partial charge in [-0.1, -0.05) is 11.6 Å². The average molecular weight is 343 g/mol. The molecule has 22 heavy (non-hydrogen) atoms. The smallest absolute Gasteiger partial charge is 0.244 e. The zero-order chi connectivity index (χ0) is 16.3. The molecule has 0 bridgehead atoms. The zero-order valence-electron chi connectivity index (χ0n) is 12.6. The summed E-state index contributed by atoms with van der Waals surface area (Å²) in [5, 5.41) is 9.50. The summed E-state index contributed by atoms with van der Waals surface area (Å²) in [6.07, 6.45) is 3.39. The van der Waals surface area contributed by atoms with Gasteiger partial charge in [-0.05, 0) is 43.9 Å². The molecule has 0 radical (unpaired) electrons. The van der Waals surface area contributed by atoms with Crippen LogP contribution in [0.25, 0.3) is 0 Å². The van der Waals surface area contributed by atoms with E-state index in [1.807, 2.05) is 6.07 Å². The Morgan fingerprint density at radius 1 is 1.32 bits per heavy atom. The third-order valence-corrected chi connectivity index (χ3v) is 6.41. The molecule has 0 atom stereocenters. The van der Waals surface area contributed by atoms with Gasteiger partial charge in [-0.15, -0.1) is 0 Å². The molecule has 1 saturated carbocycles. The van der Waals surface area contributed by atoms with Gasteiger partial charge < -0.3 is 4.74 Å². The van der Waals surface area contributed by atoms with Crippen LogP contribution < -0.4 is 0 Å². The third-order valence-electron chi connectivity index (χ3n) is 4.21. The molecule has 0 saturated heterocycles. The van der Waals surface area contributed by atoms with Crippen molar-refractivity contribution in [2.75, 3.05) is 14.2 Å². The number of hydrogen-bond donors (Lipinski definition) is 0. The number of rotatable bonds is 4. The van der Waals surface area contributed by atoms with Crippen LogP contribution in [0.4, 0.5) is 0 Å². The van der Waals surface area contributed by atoms with Crippen LogP contribution in [0.5, 0.6) is 0 Å². The summed E-state index contributed by atoms with van der Waals surface area (Å²) in [4.78, 5) is 0.00997. The lowest BCUT2D eigenvalue weighted by molar-refractivity contribution is 0.0553. The lowest BCUT2D eigenvalue weighted by Crippen LogP contribution is -2.40. The van der Waals surface area contributed by atoms with Crippen molar-refractivity contribution >= 4 is 21.6 Å². The molecule has 0 unspecified atom stereocenters. The average Bonchev–Trinajstić information content (AvgIpc) is 2.53. The summed E-state index contributed by atoms with van der Waals surface area (Å²) < 4.78 is 32.2. The Hall–Kier alpha value is -1.13. The quantitative estimate of drug-likeness (QED) is 0.843. The van der Waals surface area contributed by atoms with Crippen LogP contribution in [0.3, 0.4) is 0 Å². The van der Waals surface area contributed by atoms with Gasteiger partial charge in [0.1, 0.15) is 11.0 Å². The molecule has 7 heteroatoms. The minimum atomic E-state index is -3.71. The normalized spacial score (nSPS) is 22.5. The van der Waals surface area contributed by atoms with E-state index in [0.717, 1.165) is 25.7 Å². The maximum atomic E-state index is 12.8. The highest BCUT2D eigenvalue weighted by Crippen LogP contribution is 2.29. The molecule has 1 fully saturated rings. The predicted octanol–water partition coefficient (Wildman–Crippen LogP) is 2.79. The number of benzene rings is 1. The number of methoxy groups -OCH3 is 1. The zero-order valence-corrected chi connectivity index (χ0v) is 14.2. The monoisotopic (exact) mass is 342 g/mol. The molecule has 1 aliphatic carbocycles. The number of nitrogens with zero attached hydrogens (tertiary/aromatic N) is 2. The van der Waals surface area contributed by atoms with E-state index in [4.69, 9.17) is 21.6 Å². The summed E-state index contributed by atoms with van der Waals surface area (Å²) in [6.45, 7) is 0. The van der Waals surface area contributed by atoms with Crippen molar-refractivity contribution in [1.82, 2.24) is 4.31 Å². The molecule has 2 rings (SSSR count). The van der Waals surface area contributed by atoms with Crippen molar-refractivity contribution < 1.29 is 13.2 Å². The molecule has 0 aliphatic heterocycles. The number of nitriles is 1. The first-order valence-corrected chi connectivity index (χ1v) is 8.92. The number of hydrogen-bond acceptors (Lipinski definition) is 4. The van der Waals surface area contributed by atoms with Gasteiger partial charge in [0.25, 0.3) is 0 Å². The Kier molecular flexibility index (Phi) is 5.45. The van der Waals surface area contributed by atoms with Gasteiger partial charge in [0.15, 0.2) is 0 Å². The van der Waals surface area contributed by atoms with Crippen LogP contribution in [0.2, 0.25) is 5.02 Å².